The van der Waals surface area contributed by atoms with Crippen LogP contribution in [0.2, 0.25) is 0 Å². The zero-order chi connectivity index (χ0) is 18.4. The van der Waals surface area contributed by atoms with Gasteiger partial charge in [-0.3, -0.25) is 9.59 Å². The molecule has 0 aliphatic rings. The van der Waals surface area contributed by atoms with Gasteiger partial charge in [-0.2, -0.15) is 0 Å². The molecule has 0 atom stereocenters. The standard InChI is InChI=1S/C20H24N2O3/c1-13(2)20(24)22-17-7-5-6-16(11-17)21-19(23)12-25-18-9-8-14(3)10-15(18)4/h5-11,13H,12H2,1-4H3,(H,21,23)(H,22,24). The Bertz CT molecular complexity index is 769. The molecule has 5 nitrogen and oxygen atoms in total. The number of rotatable bonds is 6. The predicted octanol–water partition coefficient (Wildman–Crippen LogP) is 3.92. The van der Waals surface area contributed by atoms with Crippen LogP contribution in [0.1, 0.15) is 25.0 Å². The van der Waals surface area contributed by atoms with Crippen LogP contribution in [0.4, 0.5) is 11.4 Å². The Morgan fingerprint density at radius 1 is 1.00 bits per heavy atom. The molecule has 0 aliphatic heterocycles. The summed E-state index contributed by atoms with van der Waals surface area (Å²) in [5.41, 5.74) is 3.39. The second-order valence-corrected chi connectivity index (χ2v) is 6.33. The minimum atomic E-state index is -0.257. The SMILES string of the molecule is Cc1ccc(OCC(=O)Nc2cccc(NC(=O)C(C)C)c2)c(C)c1. The fourth-order valence-electron chi connectivity index (χ4n) is 2.26. The van der Waals surface area contributed by atoms with Crippen molar-refractivity contribution in [2.45, 2.75) is 27.7 Å². The molecule has 0 fully saturated rings. The van der Waals surface area contributed by atoms with E-state index in [0.29, 0.717) is 17.1 Å². The Morgan fingerprint density at radius 3 is 2.32 bits per heavy atom. The molecule has 2 amide bonds. The molecular formula is C20H24N2O3. The van der Waals surface area contributed by atoms with E-state index in [1.807, 2.05) is 45.9 Å². The summed E-state index contributed by atoms with van der Waals surface area (Å²) >= 11 is 0. The Morgan fingerprint density at radius 2 is 1.68 bits per heavy atom. The molecule has 5 heteroatoms. The second kappa shape index (κ2) is 8.33. The van der Waals surface area contributed by atoms with Crippen molar-refractivity contribution in [1.29, 1.82) is 0 Å². The smallest absolute Gasteiger partial charge is 0.262 e. The van der Waals surface area contributed by atoms with E-state index >= 15 is 0 Å². The largest absolute Gasteiger partial charge is 0.483 e. The Balaban J connectivity index is 1.93. The second-order valence-electron chi connectivity index (χ2n) is 6.33. The summed E-state index contributed by atoms with van der Waals surface area (Å²) < 4.78 is 5.57. The monoisotopic (exact) mass is 340 g/mol. The number of anilines is 2. The van der Waals surface area contributed by atoms with Gasteiger partial charge in [-0.25, -0.2) is 0 Å². The maximum Gasteiger partial charge on any atom is 0.262 e. The van der Waals surface area contributed by atoms with Gasteiger partial charge in [-0.15, -0.1) is 0 Å². The summed E-state index contributed by atoms with van der Waals surface area (Å²) in [6, 6.07) is 12.9. The lowest BCUT2D eigenvalue weighted by Gasteiger charge is -2.12. The third-order valence-corrected chi connectivity index (χ3v) is 3.63. The highest BCUT2D eigenvalue weighted by molar-refractivity contribution is 5.95. The van der Waals surface area contributed by atoms with E-state index in [1.165, 1.54) is 0 Å². The molecule has 0 unspecified atom stereocenters. The molecule has 0 saturated carbocycles. The van der Waals surface area contributed by atoms with Gasteiger partial charge in [0.2, 0.25) is 5.91 Å². The van der Waals surface area contributed by atoms with Crippen LogP contribution in [-0.2, 0) is 9.59 Å². The fourth-order valence-corrected chi connectivity index (χ4v) is 2.26. The Labute approximate surface area is 148 Å². The summed E-state index contributed by atoms with van der Waals surface area (Å²) in [7, 11) is 0. The number of aryl methyl sites for hydroxylation is 2. The first-order valence-electron chi connectivity index (χ1n) is 8.26. The van der Waals surface area contributed by atoms with Crippen LogP contribution in [0.3, 0.4) is 0 Å². The fraction of sp³-hybridized carbons (Fsp3) is 0.300. The number of amides is 2. The van der Waals surface area contributed by atoms with Crippen LogP contribution in [-0.4, -0.2) is 18.4 Å². The summed E-state index contributed by atoms with van der Waals surface area (Å²) in [6.07, 6.45) is 0. The van der Waals surface area contributed by atoms with Gasteiger partial charge in [0.05, 0.1) is 0 Å². The number of benzene rings is 2. The van der Waals surface area contributed by atoms with Crippen LogP contribution in [0.15, 0.2) is 42.5 Å². The maximum absolute atomic E-state index is 12.1. The van der Waals surface area contributed by atoms with E-state index in [2.05, 4.69) is 10.6 Å². The first-order chi connectivity index (χ1) is 11.8. The lowest BCUT2D eigenvalue weighted by Crippen LogP contribution is -2.21. The number of nitrogens with one attached hydrogen (secondary N) is 2. The van der Waals surface area contributed by atoms with E-state index in [1.54, 1.807) is 24.3 Å². The molecule has 0 saturated heterocycles. The minimum Gasteiger partial charge on any atom is -0.483 e. The van der Waals surface area contributed by atoms with Crippen molar-refractivity contribution >= 4 is 23.2 Å². The van der Waals surface area contributed by atoms with Gasteiger partial charge in [0, 0.05) is 17.3 Å². The summed E-state index contributed by atoms with van der Waals surface area (Å²) in [4.78, 5) is 23.8. The van der Waals surface area contributed by atoms with Gasteiger partial charge in [0.15, 0.2) is 6.61 Å². The maximum atomic E-state index is 12.1. The molecular weight excluding hydrogens is 316 g/mol. The number of carbonyl (C=O) groups is 2. The van der Waals surface area contributed by atoms with Gasteiger partial charge >= 0.3 is 0 Å². The topological polar surface area (TPSA) is 67.4 Å². The highest BCUT2D eigenvalue weighted by Crippen LogP contribution is 2.19. The molecule has 0 radical (unpaired) electrons. The summed E-state index contributed by atoms with van der Waals surface area (Å²) in [6.45, 7) is 7.53. The van der Waals surface area contributed by atoms with Crippen molar-refractivity contribution < 1.29 is 14.3 Å². The van der Waals surface area contributed by atoms with Gasteiger partial charge in [-0.1, -0.05) is 37.6 Å². The lowest BCUT2D eigenvalue weighted by atomic mass is 10.1. The molecule has 2 N–H and O–H groups in total. The highest BCUT2D eigenvalue weighted by Gasteiger charge is 2.09. The highest BCUT2D eigenvalue weighted by atomic mass is 16.5. The molecule has 2 aromatic rings. The van der Waals surface area contributed by atoms with Gasteiger partial charge in [0.1, 0.15) is 5.75 Å². The molecule has 0 bridgehead atoms. The Hall–Kier alpha value is -2.82. The molecule has 2 aromatic carbocycles. The quantitative estimate of drug-likeness (QED) is 0.837. The molecule has 0 heterocycles. The van der Waals surface area contributed by atoms with E-state index in [-0.39, 0.29) is 24.3 Å². The average molecular weight is 340 g/mol. The van der Waals surface area contributed by atoms with E-state index in [9.17, 15) is 9.59 Å². The molecule has 25 heavy (non-hydrogen) atoms. The van der Waals surface area contributed by atoms with E-state index in [4.69, 9.17) is 4.74 Å². The van der Waals surface area contributed by atoms with Crippen molar-refractivity contribution in [1.82, 2.24) is 0 Å². The van der Waals surface area contributed by atoms with E-state index in [0.717, 1.165) is 11.1 Å². The van der Waals surface area contributed by atoms with E-state index < -0.39 is 0 Å². The Kier molecular flexibility index (Phi) is 6.17. The van der Waals surface area contributed by atoms with Gasteiger partial charge in [0.25, 0.3) is 5.91 Å². The summed E-state index contributed by atoms with van der Waals surface area (Å²) in [5, 5.41) is 5.57. The zero-order valence-electron chi connectivity index (χ0n) is 15.1. The average Bonchev–Trinajstić information content (AvgIpc) is 2.54. The number of carbonyl (C=O) groups excluding carboxylic acids is 2. The predicted molar refractivity (Wildman–Crippen MR) is 100.0 cm³/mol. The minimum absolute atomic E-state index is 0.0679. The van der Waals surface area contributed by atoms with Crippen LogP contribution in [0, 0.1) is 19.8 Å². The van der Waals surface area contributed by atoms with Crippen molar-refractivity contribution in [2.75, 3.05) is 17.2 Å². The molecule has 0 aliphatic carbocycles. The zero-order valence-corrected chi connectivity index (χ0v) is 15.1. The molecule has 2 rings (SSSR count). The normalized spacial score (nSPS) is 10.4. The molecule has 0 spiro atoms. The van der Waals surface area contributed by atoms with Crippen LogP contribution >= 0.6 is 0 Å². The molecule has 132 valence electrons. The van der Waals surface area contributed by atoms with Crippen LogP contribution < -0.4 is 15.4 Å². The van der Waals surface area contributed by atoms with Crippen molar-refractivity contribution in [3.8, 4) is 5.75 Å². The third-order valence-electron chi connectivity index (χ3n) is 3.63. The van der Waals surface area contributed by atoms with Crippen LogP contribution in [0.25, 0.3) is 0 Å². The number of ether oxygens (including phenoxy) is 1. The number of hydrogen-bond donors (Lipinski definition) is 2. The lowest BCUT2D eigenvalue weighted by molar-refractivity contribution is -0.119. The molecule has 0 aromatic heterocycles. The van der Waals surface area contributed by atoms with Gasteiger partial charge < -0.3 is 15.4 Å². The number of hydrogen-bond acceptors (Lipinski definition) is 3. The van der Waals surface area contributed by atoms with Crippen LogP contribution in [0.5, 0.6) is 5.75 Å². The first kappa shape index (κ1) is 18.5. The van der Waals surface area contributed by atoms with Crippen molar-refractivity contribution in [3.05, 3.63) is 53.6 Å². The van der Waals surface area contributed by atoms with Gasteiger partial charge in [-0.05, 0) is 43.7 Å². The third kappa shape index (κ3) is 5.64. The summed E-state index contributed by atoms with van der Waals surface area (Å²) in [5.74, 6) is 0.261. The van der Waals surface area contributed by atoms with Crippen molar-refractivity contribution in [2.24, 2.45) is 5.92 Å². The first-order valence-corrected chi connectivity index (χ1v) is 8.26. The van der Waals surface area contributed by atoms with Crippen molar-refractivity contribution in [3.63, 3.8) is 0 Å².